The molecule has 0 radical (unpaired) electrons. The van der Waals surface area contributed by atoms with Gasteiger partial charge in [-0.1, -0.05) is 4.49 Å². The molecule has 0 aliphatic rings. The summed E-state index contributed by atoms with van der Waals surface area (Å²) in [6.45, 7) is 0. The van der Waals surface area contributed by atoms with Crippen LogP contribution in [0.5, 0.6) is 0 Å². The minimum atomic E-state index is 0.359. The van der Waals surface area contributed by atoms with Crippen LogP contribution in [0.2, 0.25) is 0 Å². The molecule has 0 saturated carbocycles. The second-order valence-electron chi connectivity index (χ2n) is 2.01. The fourth-order valence-corrected chi connectivity index (χ4v) is 1.31. The molecule has 0 saturated heterocycles. The monoisotopic (exact) mass is 200 g/mol. The highest BCUT2D eigenvalue weighted by molar-refractivity contribution is 7.71. The van der Waals surface area contributed by atoms with E-state index < -0.39 is 0 Å². The molecule has 0 unspecified atom stereocenters. The lowest BCUT2D eigenvalue weighted by Crippen LogP contribution is -2.09. The number of rotatable bonds is 1. The van der Waals surface area contributed by atoms with E-state index >= 15 is 0 Å². The van der Waals surface area contributed by atoms with E-state index in [-0.39, 0.29) is 0 Å². The van der Waals surface area contributed by atoms with Crippen molar-refractivity contribution in [1.29, 1.82) is 0 Å². The first-order valence-corrected chi connectivity index (χ1v) is 4.23. The van der Waals surface area contributed by atoms with Gasteiger partial charge < -0.3 is 5.84 Å². The van der Waals surface area contributed by atoms with E-state index in [4.69, 9.17) is 18.1 Å². The van der Waals surface area contributed by atoms with Crippen molar-refractivity contribution in [3.8, 4) is 11.5 Å². The molecule has 0 spiro atoms. The Hall–Kier alpha value is -1.28. The van der Waals surface area contributed by atoms with Crippen molar-refractivity contribution in [1.82, 2.24) is 24.5 Å². The van der Waals surface area contributed by atoms with E-state index in [1.54, 1.807) is 5.38 Å². The predicted molar refractivity (Wildman–Crippen MR) is 46.5 cm³/mol. The van der Waals surface area contributed by atoms with E-state index in [1.165, 1.54) is 16.2 Å². The Balaban J connectivity index is 2.62. The summed E-state index contributed by atoms with van der Waals surface area (Å²) in [7, 11) is 0. The van der Waals surface area contributed by atoms with Gasteiger partial charge >= 0.3 is 0 Å². The van der Waals surface area contributed by atoms with Crippen LogP contribution < -0.4 is 5.84 Å². The summed E-state index contributed by atoms with van der Waals surface area (Å²) < 4.78 is 5.30. The molecule has 12 heavy (non-hydrogen) atoms. The van der Waals surface area contributed by atoms with Gasteiger partial charge in [-0.05, 0) is 23.8 Å². The third kappa shape index (κ3) is 1.01. The van der Waals surface area contributed by atoms with E-state index in [0.717, 1.165) is 0 Å². The molecular weight excluding hydrogens is 196 g/mol. The van der Waals surface area contributed by atoms with E-state index in [0.29, 0.717) is 16.3 Å². The highest BCUT2D eigenvalue weighted by Gasteiger charge is 2.07. The molecule has 0 fully saturated rings. The van der Waals surface area contributed by atoms with Crippen LogP contribution in [-0.2, 0) is 0 Å². The molecule has 0 bridgehead atoms. The van der Waals surface area contributed by atoms with Gasteiger partial charge in [-0.2, -0.15) is 5.10 Å². The van der Waals surface area contributed by atoms with Crippen molar-refractivity contribution in [2.75, 3.05) is 5.84 Å². The maximum Gasteiger partial charge on any atom is 0.214 e. The Morgan fingerprint density at radius 2 is 2.50 bits per heavy atom. The summed E-state index contributed by atoms with van der Waals surface area (Å²) >= 11 is 6.06. The van der Waals surface area contributed by atoms with Crippen LogP contribution in [0.4, 0.5) is 0 Å². The first-order valence-electron chi connectivity index (χ1n) is 2.99. The number of aromatic nitrogens is 5. The minimum absolute atomic E-state index is 0.359. The standard InChI is InChI=1S/C4H4N6S2/c5-10-3(7-8-4(10)11)2-1-12-9-6-2/h1H,5H2,(H,8,11). The number of hydrogen-bond acceptors (Lipinski definition) is 6. The lowest BCUT2D eigenvalue weighted by atomic mass is 10.5. The molecule has 8 heteroatoms. The fraction of sp³-hybridized carbons (Fsp3) is 0. The van der Waals surface area contributed by atoms with Crippen molar-refractivity contribution >= 4 is 23.8 Å². The van der Waals surface area contributed by atoms with Gasteiger partial charge in [0.2, 0.25) is 10.6 Å². The van der Waals surface area contributed by atoms with Crippen molar-refractivity contribution < 1.29 is 0 Å². The van der Waals surface area contributed by atoms with Gasteiger partial charge in [0, 0.05) is 5.38 Å². The maximum atomic E-state index is 5.55. The summed E-state index contributed by atoms with van der Waals surface area (Å²) in [4.78, 5) is 0. The number of aromatic amines is 1. The third-order valence-electron chi connectivity index (χ3n) is 1.29. The van der Waals surface area contributed by atoms with Crippen molar-refractivity contribution in [3.63, 3.8) is 0 Å². The van der Waals surface area contributed by atoms with Crippen LogP contribution in [0, 0.1) is 4.77 Å². The fourth-order valence-electron chi connectivity index (χ4n) is 0.747. The summed E-state index contributed by atoms with van der Waals surface area (Å²) in [6, 6.07) is 0. The zero-order valence-corrected chi connectivity index (χ0v) is 7.39. The maximum absolute atomic E-state index is 5.55. The number of nitrogen functional groups attached to an aromatic ring is 1. The zero-order valence-electron chi connectivity index (χ0n) is 5.76. The molecule has 0 aliphatic carbocycles. The van der Waals surface area contributed by atoms with Gasteiger partial charge in [0.15, 0.2) is 0 Å². The number of nitrogens with two attached hydrogens (primary N) is 1. The second kappa shape index (κ2) is 2.64. The van der Waals surface area contributed by atoms with E-state index in [1.807, 2.05) is 0 Å². The Morgan fingerprint density at radius 3 is 3.00 bits per heavy atom. The van der Waals surface area contributed by atoms with Gasteiger partial charge in [0.25, 0.3) is 0 Å². The first kappa shape index (κ1) is 7.37. The van der Waals surface area contributed by atoms with Gasteiger partial charge in [-0.25, -0.2) is 9.77 Å². The lowest BCUT2D eigenvalue weighted by molar-refractivity contribution is 0.973. The molecule has 2 aromatic heterocycles. The molecule has 0 aromatic carbocycles. The molecule has 2 heterocycles. The summed E-state index contributed by atoms with van der Waals surface area (Å²) in [5.41, 5.74) is 0.620. The van der Waals surface area contributed by atoms with Gasteiger partial charge in [0.1, 0.15) is 5.69 Å². The summed E-state index contributed by atoms with van der Waals surface area (Å²) in [6.07, 6.45) is 0. The van der Waals surface area contributed by atoms with Gasteiger partial charge in [-0.3, -0.25) is 0 Å². The van der Waals surface area contributed by atoms with Crippen LogP contribution in [0.15, 0.2) is 5.38 Å². The third-order valence-corrected chi connectivity index (χ3v) is 2.09. The molecule has 2 rings (SSSR count). The molecule has 3 N–H and O–H groups in total. The van der Waals surface area contributed by atoms with Crippen LogP contribution in [-0.4, -0.2) is 24.5 Å². The average Bonchev–Trinajstić information content (AvgIpc) is 2.64. The number of nitrogens with one attached hydrogen (secondary N) is 1. The van der Waals surface area contributed by atoms with Crippen molar-refractivity contribution in [2.24, 2.45) is 0 Å². The lowest BCUT2D eigenvalue weighted by Gasteiger charge is -1.92. The van der Waals surface area contributed by atoms with Gasteiger partial charge in [0.05, 0.1) is 0 Å². The van der Waals surface area contributed by atoms with Crippen LogP contribution in [0.3, 0.4) is 0 Å². The van der Waals surface area contributed by atoms with Crippen molar-refractivity contribution in [2.45, 2.75) is 0 Å². The van der Waals surface area contributed by atoms with E-state index in [2.05, 4.69) is 19.8 Å². The van der Waals surface area contributed by atoms with Crippen molar-refractivity contribution in [3.05, 3.63) is 10.2 Å². The Bertz CT molecular complexity index is 425. The SMILES string of the molecule is Nn1c(-c2csnn2)n[nH]c1=S. The highest BCUT2D eigenvalue weighted by Crippen LogP contribution is 2.12. The Morgan fingerprint density at radius 1 is 1.67 bits per heavy atom. The molecule has 6 nitrogen and oxygen atoms in total. The smallest absolute Gasteiger partial charge is 0.214 e. The number of nitrogens with zero attached hydrogens (tertiary/aromatic N) is 4. The minimum Gasteiger partial charge on any atom is -0.335 e. The van der Waals surface area contributed by atoms with Crippen LogP contribution in [0.25, 0.3) is 11.5 Å². The number of H-pyrrole nitrogens is 1. The second-order valence-corrected chi connectivity index (χ2v) is 3.01. The topological polar surface area (TPSA) is 85.4 Å². The molecule has 0 atom stereocenters. The first-order chi connectivity index (χ1) is 5.79. The largest absolute Gasteiger partial charge is 0.335 e. The normalized spacial score (nSPS) is 10.3. The average molecular weight is 200 g/mol. The van der Waals surface area contributed by atoms with Gasteiger partial charge in [-0.15, -0.1) is 5.10 Å². The molecule has 62 valence electrons. The summed E-state index contributed by atoms with van der Waals surface area (Å²) in [5, 5.41) is 12.0. The zero-order chi connectivity index (χ0) is 8.55. The van der Waals surface area contributed by atoms with E-state index in [9.17, 15) is 0 Å². The quantitative estimate of drug-likeness (QED) is 0.506. The van der Waals surface area contributed by atoms with Crippen LogP contribution in [0.1, 0.15) is 0 Å². The number of hydrogen-bond donors (Lipinski definition) is 2. The van der Waals surface area contributed by atoms with Crippen LogP contribution >= 0.6 is 23.8 Å². The molecule has 2 aromatic rings. The molecular formula is C4H4N6S2. The summed E-state index contributed by atoms with van der Waals surface area (Å²) in [5.74, 6) is 6.04. The Labute approximate surface area is 76.2 Å². The predicted octanol–water partition coefficient (Wildman–Crippen LogP) is 0.173. The highest BCUT2D eigenvalue weighted by atomic mass is 32.1. The Kier molecular flexibility index (Phi) is 1.62. The molecule has 0 amide bonds. The molecule has 0 aliphatic heterocycles.